The smallest absolute Gasteiger partial charge is 0.141 e. The third-order valence-electron chi connectivity index (χ3n) is 5.01. The van der Waals surface area contributed by atoms with Gasteiger partial charge in [0.15, 0.2) is 0 Å². The van der Waals surface area contributed by atoms with Gasteiger partial charge in [-0.15, -0.1) is 0 Å². The summed E-state index contributed by atoms with van der Waals surface area (Å²) in [4.78, 5) is 5.07. The summed E-state index contributed by atoms with van der Waals surface area (Å²) in [7, 11) is 0. The maximum Gasteiger partial charge on any atom is 0.141 e. The van der Waals surface area contributed by atoms with Crippen LogP contribution in [0, 0.1) is 12.3 Å². The van der Waals surface area contributed by atoms with Crippen molar-refractivity contribution in [1.29, 1.82) is 0 Å². The van der Waals surface area contributed by atoms with E-state index in [4.69, 9.17) is 4.98 Å². The number of hydrogen-bond acceptors (Lipinski definition) is 2. The molecular weight excluding hydrogens is 330 g/mol. The Morgan fingerprint density at radius 2 is 1.67 bits per heavy atom. The minimum Gasteiger partial charge on any atom is -0.365 e. The Morgan fingerprint density at radius 3 is 2.30 bits per heavy atom. The standard InChI is InChI=1S/C24H33N3/c1-17-12-11-15-27-21(17)25-20(18(2)19-13-9-8-10-14-19)22(27)26-24(6,7)16-23(3,4)5/h8-15,18,26H,16H2,1-7H3. The Morgan fingerprint density at radius 1 is 1.00 bits per heavy atom. The first kappa shape index (κ1) is 19.5. The first-order chi connectivity index (χ1) is 12.6. The molecule has 144 valence electrons. The zero-order valence-electron chi connectivity index (χ0n) is 17.8. The van der Waals surface area contributed by atoms with Crippen LogP contribution >= 0.6 is 0 Å². The first-order valence-corrected chi connectivity index (χ1v) is 9.88. The molecule has 0 fully saturated rings. The van der Waals surface area contributed by atoms with E-state index in [2.05, 4.69) is 107 Å². The number of aromatic nitrogens is 2. The lowest BCUT2D eigenvalue weighted by Crippen LogP contribution is -2.36. The second-order valence-corrected chi connectivity index (χ2v) is 9.61. The lowest BCUT2D eigenvalue weighted by molar-refractivity contribution is 0.301. The van der Waals surface area contributed by atoms with Crippen molar-refractivity contribution in [1.82, 2.24) is 9.38 Å². The molecule has 1 unspecified atom stereocenters. The van der Waals surface area contributed by atoms with Crippen molar-refractivity contribution >= 4 is 11.5 Å². The molecule has 27 heavy (non-hydrogen) atoms. The van der Waals surface area contributed by atoms with Gasteiger partial charge in [0.2, 0.25) is 0 Å². The Labute approximate surface area is 163 Å². The second kappa shape index (κ2) is 7.03. The number of nitrogens with one attached hydrogen (secondary N) is 1. The molecule has 3 nitrogen and oxygen atoms in total. The number of benzene rings is 1. The first-order valence-electron chi connectivity index (χ1n) is 9.88. The highest BCUT2D eigenvalue weighted by molar-refractivity contribution is 5.61. The summed E-state index contributed by atoms with van der Waals surface area (Å²) < 4.78 is 2.22. The molecule has 0 spiro atoms. The zero-order chi connectivity index (χ0) is 19.8. The molecule has 2 heterocycles. The van der Waals surface area contributed by atoms with Crippen LogP contribution in [0.2, 0.25) is 0 Å². The predicted octanol–water partition coefficient (Wildman–Crippen LogP) is 6.42. The number of pyridine rings is 1. The number of fused-ring (bicyclic) bond motifs is 1. The normalized spacial score (nSPS) is 13.7. The highest BCUT2D eigenvalue weighted by Gasteiger charge is 2.29. The molecule has 3 heteroatoms. The van der Waals surface area contributed by atoms with Crippen molar-refractivity contribution in [3.05, 3.63) is 65.5 Å². The number of rotatable bonds is 5. The highest BCUT2D eigenvalue weighted by atomic mass is 15.2. The van der Waals surface area contributed by atoms with E-state index in [0.717, 1.165) is 23.6 Å². The largest absolute Gasteiger partial charge is 0.365 e. The highest BCUT2D eigenvalue weighted by Crippen LogP contribution is 2.35. The molecule has 2 aromatic heterocycles. The van der Waals surface area contributed by atoms with Gasteiger partial charge in [-0.25, -0.2) is 4.98 Å². The van der Waals surface area contributed by atoms with E-state index in [0.29, 0.717) is 0 Å². The minimum absolute atomic E-state index is 0.0386. The van der Waals surface area contributed by atoms with Crippen molar-refractivity contribution in [2.45, 2.75) is 66.3 Å². The van der Waals surface area contributed by atoms with Gasteiger partial charge in [0.05, 0.1) is 5.69 Å². The van der Waals surface area contributed by atoms with Crippen molar-refractivity contribution in [2.75, 3.05) is 5.32 Å². The average Bonchev–Trinajstić information content (AvgIpc) is 2.92. The van der Waals surface area contributed by atoms with Crippen LogP contribution in [0.25, 0.3) is 5.65 Å². The van der Waals surface area contributed by atoms with Gasteiger partial charge in [-0.3, -0.25) is 4.40 Å². The number of imidazole rings is 1. The molecule has 0 aliphatic rings. The zero-order valence-corrected chi connectivity index (χ0v) is 17.8. The molecule has 3 rings (SSSR count). The van der Waals surface area contributed by atoms with Crippen molar-refractivity contribution in [3.8, 4) is 0 Å². The minimum atomic E-state index is -0.0386. The van der Waals surface area contributed by atoms with Crippen molar-refractivity contribution < 1.29 is 0 Å². The molecule has 1 N–H and O–H groups in total. The molecule has 0 amide bonds. The van der Waals surface area contributed by atoms with Crippen LogP contribution < -0.4 is 5.32 Å². The quantitative estimate of drug-likeness (QED) is 0.566. The Hall–Kier alpha value is -2.29. The average molecular weight is 364 g/mol. The maximum atomic E-state index is 5.07. The summed E-state index contributed by atoms with van der Waals surface area (Å²) in [5.41, 5.74) is 4.83. The van der Waals surface area contributed by atoms with Crippen LogP contribution in [0.15, 0.2) is 48.7 Å². The van der Waals surface area contributed by atoms with Gasteiger partial charge in [-0.05, 0) is 49.8 Å². The third-order valence-corrected chi connectivity index (χ3v) is 5.01. The van der Waals surface area contributed by atoms with E-state index in [1.54, 1.807) is 0 Å². The van der Waals surface area contributed by atoms with Crippen LogP contribution in [-0.2, 0) is 0 Å². The molecule has 1 aromatic carbocycles. The SMILES string of the molecule is Cc1cccn2c(NC(C)(C)CC(C)(C)C)c(C(C)c3ccccc3)nc12. The Kier molecular flexibility index (Phi) is 5.07. The fourth-order valence-corrected chi connectivity index (χ4v) is 4.24. The lowest BCUT2D eigenvalue weighted by atomic mass is 9.81. The van der Waals surface area contributed by atoms with Crippen LogP contribution in [0.4, 0.5) is 5.82 Å². The number of aryl methyl sites for hydroxylation is 1. The molecule has 0 bridgehead atoms. The molecule has 3 aromatic rings. The van der Waals surface area contributed by atoms with Gasteiger partial charge in [0.1, 0.15) is 11.5 Å². The fourth-order valence-electron chi connectivity index (χ4n) is 4.24. The molecular formula is C24H33N3. The predicted molar refractivity (Wildman–Crippen MR) is 116 cm³/mol. The number of nitrogens with zero attached hydrogens (tertiary/aromatic N) is 2. The van der Waals surface area contributed by atoms with E-state index in [-0.39, 0.29) is 16.9 Å². The van der Waals surface area contributed by atoms with E-state index in [1.807, 2.05) is 0 Å². The number of anilines is 1. The van der Waals surface area contributed by atoms with E-state index < -0.39 is 0 Å². The van der Waals surface area contributed by atoms with Gasteiger partial charge in [0.25, 0.3) is 0 Å². The van der Waals surface area contributed by atoms with Crippen LogP contribution in [0.3, 0.4) is 0 Å². The molecule has 0 aliphatic carbocycles. The summed E-state index contributed by atoms with van der Waals surface area (Å²) in [6.07, 6.45) is 3.18. The fraction of sp³-hybridized carbons (Fsp3) is 0.458. The molecule has 0 saturated heterocycles. The summed E-state index contributed by atoms with van der Waals surface area (Å²) in [5, 5.41) is 3.84. The Balaban J connectivity index is 2.11. The van der Waals surface area contributed by atoms with E-state index in [1.165, 1.54) is 11.1 Å². The summed E-state index contributed by atoms with van der Waals surface area (Å²) in [5.74, 6) is 1.33. The van der Waals surface area contributed by atoms with Gasteiger partial charge in [0, 0.05) is 17.7 Å². The molecule has 0 aliphatic heterocycles. The second-order valence-electron chi connectivity index (χ2n) is 9.61. The van der Waals surface area contributed by atoms with Crippen LogP contribution in [0.5, 0.6) is 0 Å². The monoisotopic (exact) mass is 363 g/mol. The van der Waals surface area contributed by atoms with Crippen molar-refractivity contribution in [3.63, 3.8) is 0 Å². The summed E-state index contributed by atoms with van der Waals surface area (Å²) in [6.45, 7) is 15.8. The maximum absolute atomic E-state index is 5.07. The topological polar surface area (TPSA) is 29.3 Å². The van der Waals surface area contributed by atoms with Gasteiger partial charge in [-0.1, -0.05) is 64.1 Å². The Bertz CT molecular complexity index is 914. The van der Waals surface area contributed by atoms with Crippen LogP contribution in [-0.4, -0.2) is 14.9 Å². The third kappa shape index (κ3) is 4.35. The van der Waals surface area contributed by atoms with Crippen LogP contribution in [0.1, 0.15) is 70.7 Å². The molecule has 0 radical (unpaired) electrons. The van der Waals surface area contributed by atoms with Crippen molar-refractivity contribution in [2.24, 2.45) is 5.41 Å². The van der Waals surface area contributed by atoms with Gasteiger partial charge >= 0.3 is 0 Å². The number of hydrogen-bond donors (Lipinski definition) is 1. The van der Waals surface area contributed by atoms with Gasteiger partial charge < -0.3 is 5.32 Å². The van der Waals surface area contributed by atoms with Gasteiger partial charge in [-0.2, -0.15) is 0 Å². The van der Waals surface area contributed by atoms with E-state index in [9.17, 15) is 0 Å². The summed E-state index contributed by atoms with van der Waals surface area (Å²) >= 11 is 0. The van der Waals surface area contributed by atoms with E-state index >= 15 is 0 Å². The molecule has 0 saturated carbocycles. The summed E-state index contributed by atoms with van der Waals surface area (Å²) in [6, 6.07) is 14.9. The lowest BCUT2D eigenvalue weighted by Gasteiger charge is -2.34. The molecule has 1 atom stereocenters.